The predicted molar refractivity (Wildman–Crippen MR) is 104 cm³/mol. The zero-order valence-electron chi connectivity index (χ0n) is 16.9. The van der Waals surface area contributed by atoms with E-state index in [2.05, 4.69) is 6.08 Å². The Bertz CT molecular complexity index is 611. The molecule has 2 amide bonds. The fourth-order valence-corrected chi connectivity index (χ4v) is 5.40. The molecule has 0 bridgehead atoms. The van der Waals surface area contributed by atoms with Crippen molar-refractivity contribution in [3.63, 3.8) is 0 Å². The van der Waals surface area contributed by atoms with E-state index in [9.17, 15) is 9.59 Å². The van der Waals surface area contributed by atoms with E-state index in [0.29, 0.717) is 12.3 Å². The van der Waals surface area contributed by atoms with Gasteiger partial charge in [0.15, 0.2) is 0 Å². The Kier molecular flexibility index (Phi) is 5.32. The molecule has 0 aromatic carbocycles. The van der Waals surface area contributed by atoms with Crippen LogP contribution in [-0.2, 0) is 14.3 Å². The lowest BCUT2D eigenvalue weighted by molar-refractivity contribution is -0.145. The van der Waals surface area contributed by atoms with E-state index in [0.717, 1.165) is 58.3 Å². The third-order valence-corrected chi connectivity index (χ3v) is 7.09. The summed E-state index contributed by atoms with van der Waals surface area (Å²) >= 11 is 0. The van der Waals surface area contributed by atoms with Gasteiger partial charge in [-0.15, -0.1) is 0 Å². The number of rotatable bonds is 3. The van der Waals surface area contributed by atoms with Gasteiger partial charge >= 0.3 is 0 Å². The fraction of sp³-hybridized carbons (Fsp3) is 0.818. The molecule has 4 aliphatic rings. The molecule has 0 aromatic heterocycles. The molecule has 0 radical (unpaired) electrons. The van der Waals surface area contributed by atoms with Crippen molar-refractivity contribution in [3.8, 4) is 0 Å². The first kappa shape index (κ1) is 19.0. The molecule has 0 N–H and O–H groups in total. The van der Waals surface area contributed by atoms with Gasteiger partial charge in [0, 0.05) is 38.5 Å². The number of nitrogens with zero attached hydrogens (tertiary/aromatic N) is 2. The maximum atomic E-state index is 13.0. The molecule has 5 heteroatoms. The molecule has 1 saturated carbocycles. The SMILES string of the molecule is C[C@@H]1CN(C(=O)C2CC23CCN(C(=O)CC2=CCCCC2)CC3)C[C@H](C)O1. The number of hydrogen-bond acceptors (Lipinski definition) is 3. The highest BCUT2D eigenvalue weighted by Crippen LogP contribution is 2.60. The van der Waals surface area contributed by atoms with Crippen LogP contribution >= 0.6 is 0 Å². The van der Waals surface area contributed by atoms with Gasteiger partial charge in [-0.3, -0.25) is 9.59 Å². The fourth-order valence-electron chi connectivity index (χ4n) is 5.40. The van der Waals surface area contributed by atoms with Gasteiger partial charge in [0.25, 0.3) is 0 Å². The zero-order chi connectivity index (χ0) is 19.0. The van der Waals surface area contributed by atoms with Gasteiger partial charge in [-0.05, 0) is 64.2 Å². The number of hydrogen-bond donors (Lipinski definition) is 0. The molecule has 150 valence electrons. The molecule has 2 aliphatic heterocycles. The minimum Gasteiger partial charge on any atom is -0.372 e. The summed E-state index contributed by atoms with van der Waals surface area (Å²) in [5.41, 5.74) is 1.50. The van der Waals surface area contributed by atoms with E-state index in [-0.39, 0.29) is 29.4 Å². The van der Waals surface area contributed by atoms with Gasteiger partial charge < -0.3 is 14.5 Å². The number of carbonyl (C=O) groups excluding carboxylic acids is 2. The van der Waals surface area contributed by atoms with Crippen molar-refractivity contribution in [2.24, 2.45) is 11.3 Å². The predicted octanol–water partition coefficient (Wildman–Crippen LogP) is 3.14. The standard InChI is InChI=1S/C22H34N2O3/c1-16-14-24(15-17(2)27-16)21(26)19-13-22(19)8-10-23(11-9-22)20(25)12-18-6-4-3-5-7-18/h6,16-17,19H,3-5,7-15H2,1-2H3/t16-,17+,19?. The van der Waals surface area contributed by atoms with Gasteiger partial charge in [0.05, 0.1) is 12.2 Å². The van der Waals surface area contributed by atoms with E-state index in [4.69, 9.17) is 4.74 Å². The van der Waals surface area contributed by atoms with Crippen LogP contribution in [0.3, 0.4) is 0 Å². The van der Waals surface area contributed by atoms with E-state index < -0.39 is 0 Å². The van der Waals surface area contributed by atoms with Crippen LogP contribution < -0.4 is 0 Å². The summed E-state index contributed by atoms with van der Waals surface area (Å²) in [6.45, 7) is 7.18. The van der Waals surface area contributed by atoms with Crippen LogP contribution in [0.25, 0.3) is 0 Å². The molecular weight excluding hydrogens is 340 g/mol. The van der Waals surface area contributed by atoms with Gasteiger partial charge in [-0.2, -0.15) is 0 Å². The molecule has 0 aromatic rings. The first-order valence-electron chi connectivity index (χ1n) is 10.9. The van der Waals surface area contributed by atoms with Crippen LogP contribution in [0.2, 0.25) is 0 Å². The van der Waals surface area contributed by atoms with Gasteiger partial charge in [-0.25, -0.2) is 0 Å². The highest BCUT2D eigenvalue weighted by Gasteiger charge is 2.59. The average Bonchev–Trinajstić information content (AvgIpc) is 3.34. The molecular formula is C22H34N2O3. The molecule has 3 atom stereocenters. The van der Waals surface area contributed by atoms with Crippen LogP contribution in [0, 0.1) is 11.3 Å². The number of morpholine rings is 1. The molecule has 2 aliphatic carbocycles. The number of piperidine rings is 1. The Hall–Kier alpha value is -1.36. The molecule has 2 heterocycles. The normalized spacial score (nSPS) is 33.0. The van der Waals surface area contributed by atoms with Crippen molar-refractivity contribution in [1.82, 2.24) is 9.80 Å². The van der Waals surface area contributed by atoms with Crippen molar-refractivity contribution in [2.45, 2.75) is 77.4 Å². The topological polar surface area (TPSA) is 49.9 Å². The Morgan fingerprint density at radius 2 is 1.81 bits per heavy atom. The number of likely N-dealkylation sites (tertiary alicyclic amines) is 1. The van der Waals surface area contributed by atoms with Crippen molar-refractivity contribution in [1.29, 1.82) is 0 Å². The summed E-state index contributed by atoms with van der Waals surface area (Å²) < 4.78 is 5.76. The van der Waals surface area contributed by atoms with Crippen LogP contribution in [-0.4, -0.2) is 60.0 Å². The monoisotopic (exact) mass is 374 g/mol. The number of amides is 2. The average molecular weight is 375 g/mol. The highest BCUT2D eigenvalue weighted by molar-refractivity contribution is 5.83. The Labute approximate surface area is 163 Å². The lowest BCUT2D eigenvalue weighted by atomic mass is 9.89. The second kappa shape index (κ2) is 7.57. The number of carbonyl (C=O) groups is 2. The Morgan fingerprint density at radius 1 is 1.11 bits per heavy atom. The molecule has 27 heavy (non-hydrogen) atoms. The third-order valence-electron chi connectivity index (χ3n) is 7.09. The lowest BCUT2D eigenvalue weighted by Crippen LogP contribution is -2.49. The largest absolute Gasteiger partial charge is 0.372 e. The highest BCUT2D eigenvalue weighted by atomic mass is 16.5. The lowest BCUT2D eigenvalue weighted by Gasteiger charge is -2.37. The minimum absolute atomic E-state index is 0.126. The zero-order valence-corrected chi connectivity index (χ0v) is 16.9. The quantitative estimate of drug-likeness (QED) is 0.713. The van der Waals surface area contributed by atoms with Crippen molar-refractivity contribution < 1.29 is 14.3 Å². The summed E-state index contributed by atoms with van der Waals surface area (Å²) in [6.07, 6.45) is 10.8. The molecule has 4 rings (SSSR count). The van der Waals surface area contributed by atoms with E-state index in [1.165, 1.54) is 18.4 Å². The maximum absolute atomic E-state index is 13.0. The van der Waals surface area contributed by atoms with Crippen LogP contribution in [0.1, 0.15) is 65.2 Å². The number of allylic oxidation sites excluding steroid dienone is 1. The van der Waals surface area contributed by atoms with Gasteiger partial charge in [0.2, 0.25) is 11.8 Å². The first-order valence-corrected chi connectivity index (χ1v) is 10.9. The smallest absolute Gasteiger partial charge is 0.226 e. The molecule has 3 fully saturated rings. The second-order valence-corrected chi connectivity index (χ2v) is 9.29. The summed E-state index contributed by atoms with van der Waals surface area (Å²) in [6, 6.07) is 0. The molecule has 2 saturated heterocycles. The van der Waals surface area contributed by atoms with Gasteiger partial charge in [0.1, 0.15) is 0 Å². The summed E-state index contributed by atoms with van der Waals surface area (Å²) in [5.74, 6) is 0.787. The summed E-state index contributed by atoms with van der Waals surface area (Å²) in [7, 11) is 0. The van der Waals surface area contributed by atoms with E-state index >= 15 is 0 Å². The minimum atomic E-state index is 0.126. The molecule has 5 nitrogen and oxygen atoms in total. The number of ether oxygens (including phenoxy) is 1. The van der Waals surface area contributed by atoms with Gasteiger partial charge in [-0.1, -0.05) is 11.6 Å². The first-order chi connectivity index (χ1) is 13.0. The molecule has 1 unspecified atom stereocenters. The maximum Gasteiger partial charge on any atom is 0.226 e. The van der Waals surface area contributed by atoms with Crippen molar-refractivity contribution >= 4 is 11.8 Å². The van der Waals surface area contributed by atoms with Crippen LogP contribution in [0.5, 0.6) is 0 Å². The Morgan fingerprint density at radius 3 is 2.44 bits per heavy atom. The Balaban J connectivity index is 1.27. The third kappa shape index (κ3) is 4.08. The van der Waals surface area contributed by atoms with Crippen molar-refractivity contribution in [2.75, 3.05) is 26.2 Å². The van der Waals surface area contributed by atoms with Crippen molar-refractivity contribution in [3.05, 3.63) is 11.6 Å². The van der Waals surface area contributed by atoms with E-state index in [1.54, 1.807) is 0 Å². The summed E-state index contributed by atoms with van der Waals surface area (Å²) in [5, 5.41) is 0. The molecule has 1 spiro atoms. The van der Waals surface area contributed by atoms with Crippen LogP contribution in [0.15, 0.2) is 11.6 Å². The second-order valence-electron chi connectivity index (χ2n) is 9.29. The van der Waals surface area contributed by atoms with Crippen LogP contribution in [0.4, 0.5) is 0 Å². The summed E-state index contributed by atoms with van der Waals surface area (Å²) in [4.78, 5) is 29.7. The van der Waals surface area contributed by atoms with E-state index in [1.807, 2.05) is 23.6 Å².